The molecule has 0 bridgehead atoms. The first-order valence-corrected chi connectivity index (χ1v) is 9.67. The highest BCUT2D eigenvalue weighted by atomic mass is 19.1. The molecule has 1 saturated carbocycles. The van der Waals surface area contributed by atoms with Crippen molar-refractivity contribution in [2.45, 2.75) is 38.6 Å². The molecule has 0 saturated heterocycles. The molecule has 2 atom stereocenters. The Morgan fingerprint density at radius 1 is 1.21 bits per heavy atom. The Morgan fingerprint density at radius 3 is 2.90 bits per heavy atom. The Bertz CT molecular complexity index is 1060. The Balaban J connectivity index is 1.54. The number of aromatic amines is 1. The van der Waals surface area contributed by atoms with Gasteiger partial charge in [-0.1, -0.05) is 6.42 Å². The Labute approximate surface area is 167 Å². The van der Waals surface area contributed by atoms with E-state index in [1.165, 1.54) is 6.92 Å². The summed E-state index contributed by atoms with van der Waals surface area (Å²) in [5.41, 5.74) is 1.69. The van der Waals surface area contributed by atoms with E-state index in [-0.39, 0.29) is 23.8 Å². The first kappa shape index (κ1) is 19.0. The number of rotatable bonds is 4. The first-order valence-electron chi connectivity index (χ1n) is 9.67. The normalized spacial score (nSPS) is 19.1. The lowest BCUT2D eigenvalue weighted by molar-refractivity contribution is -0.123. The summed E-state index contributed by atoms with van der Waals surface area (Å²) in [5.74, 6) is -0.636. The first-order chi connectivity index (χ1) is 14.0. The van der Waals surface area contributed by atoms with Crippen LogP contribution >= 0.6 is 0 Å². The SMILES string of the molecule is CC(=O)N[C@@H]1CCC[C@H](C(=O)Nc2cc(-c3ccnc4[nH]ccc34)c(F)cn2)C1. The summed E-state index contributed by atoms with van der Waals surface area (Å²) in [5, 5.41) is 6.49. The van der Waals surface area contributed by atoms with Gasteiger partial charge in [0.25, 0.3) is 0 Å². The quantitative estimate of drug-likeness (QED) is 0.630. The van der Waals surface area contributed by atoms with Crippen LogP contribution in [0.3, 0.4) is 0 Å². The van der Waals surface area contributed by atoms with Crippen molar-refractivity contribution < 1.29 is 14.0 Å². The number of nitrogens with one attached hydrogen (secondary N) is 3. The van der Waals surface area contributed by atoms with Gasteiger partial charge >= 0.3 is 0 Å². The molecular weight excluding hydrogens is 373 g/mol. The molecule has 3 N–H and O–H groups in total. The zero-order valence-electron chi connectivity index (χ0n) is 16.0. The van der Waals surface area contributed by atoms with E-state index >= 15 is 0 Å². The highest BCUT2D eigenvalue weighted by Crippen LogP contribution is 2.31. The smallest absolute Gasteiger partial charge is 0.228 e. The molecular formula is C21H22FN5O2. The number of fused-ring (bicyclic) bond motifs is 1. The van der Waals surface area contributed by atoms with Gasteiger partial charge in [0, 0.05) is 42.2 Å². The van der Waals surface area contributed by atoms with Crippen molar-refractivity contribution in [3.8, 4) is 11.1 Å². The molecule has 1 aliphatic carbocycles. The van der Waals surface area contributed by atoms with Gasteiger partial charge in [0.05, 0.1) is 6.20 Å². The summed E-state index contributed by atoms with van der Waals surface area (Å²) in [6.07, 6.45) is 7.56. The maximum Gasteiger partial charge on any atom is 0.228 e. The van der Waals surface area contributed by atoms with Gasteiger partial charge in [-0.25, -0.2) is 14.4 Å². The van der Waals surface area contributed by atoms with Crippen LogP contribution in [0.25, 0.3) is 22.2 Å². The maximum absolute atomic E-state index is 14.5. The van der Waals surface area contributed by atoms with E-state index in [0.717, 1.165) is 30.8 Å². The van der Waals surface area contributed by atoms with Gasteiger partial charge in [0.2, 0.25) is 11.8 Å². The van der Waals surface area contributed by atoms with Gasteiger partial charge in [-0.15, -0.1) is 0 Å². The average Bonchev–Trinajstić information content (AvgIpc) is 3.18. The lowest BCUT2D eigenvalue weighted by Crippen LogP contribution is -2.40. The molecule has 7 nitrogen and oxygen atoms in total. The molecule has 0 unspecified atom stereocenters. The molecule has 2 amide bonds. The molecule has 3 aromatic heterocycles. The lowest BCUT2D eigenvalue weighted by atomic mass is 9.85. The number of H-pyrrole nitrogens is 1. The summed E-state index contributed by atoms with van der Waals surface area (Å²) >= 11 is 0. The van der Waals surface area contributed by atoms with Crippen LogP contribution in [-0.2, 0) is 9.59 Å². The fourth-order valence-electron chi connectivity index (χ4n) is 3.98. The van der Waals surface area contributed by atoms with Crippen LogP contribution < -0.4 is 10.6 Å². The summed E-state index contributed by atoms with van der Waals surface area (Å²) in [4.78, 5) is 35.3. The zero-order valence-corrected chi connectivity index (χ0v) is 16.0. The number of pyridine rings is 2. The van der Waals surface area contributed by atoms with E-state index in [9.17, 15) is 14.0 Å². The molecule has 4 rings (SSSR count). The van der Waals surface area contributed by atoms with Crippen molar-refractivity contribution in [1.82, 2.24) is 20.3 Å². The number of aromatic nitrogens is 3. The van der Waals surface area contributed by atoms with Crippen molar-refractivity contribution in [2.75, 3.05) is 5.32 Å². The molecule has 1 fully saturated rings. The highest BCUT2D eigenvalue weighted by molar-refractivity contribution is 5.95. The lowest BCUT2D eigenvalue weighted by Gasteiger charge is -2.28. The van der Waals surface area contributed by atoms with Crippen LogP contribution in [0.15, 0.2) is 36.8 Å². The van der Waals surface area contributed by atoms with Crippen molar-refractivity contribution in [1.29, 1.82) is 0 Å². The van der Waals surface area contributed by atoms with E-state index in [4.69, 9.17) is 0 Å². The molecule has 0 spiro atoms. The van der Waals surface area contributed by atoms with Gasteiger partial charge in [-0.05, 0) is 43.0 Å². The minimum absolute atomic E-state index is 0.00688. The summed E-state index contributed by atoms with van der Waals surface area (Å²) < 4.78 is 14.5. The highest BCUT2D eigenvalue weighted by Gasteiger charge is 2.28. The second-order valence-electron chi connectivity index (χ2n) is 7.40. The molecule has 3 heterocycles. The fraction of sp³-hybridized carbons (Fsp3) is 0.333. The van der Waals surface area contributed by atoms with Crippen LogP contribution in [0, 0.1) is 11.7 Å². The molecule has 150 valence electrons. The number of carbonyl (C=O) groups excluding carboxylic acids is 2. The van der Waals surface area contributed by atoms with Gasteiger partial charge in [-0.3, -0.25) is 9.59 Å². The van der Waals surface area contributed by atoms with E-state index in [2.05, 4.69) is 25.6 Å². The minimum Gasteiger partial charge on any atom is -0.354 e. The van der Waals surface area contributed by atoms with Crippen LogP contribution in [0.1, 0.15) is 32.6 Å². The Kier molecular flexibility index (Phi) is 5.24. The molecule has 29 heavy (non-hydrogen) atoms. The number of hydrogen-bond acceptors (Lipinski definition) is 4. The fourth-order valence-corrected chi connectivity index (χ4v) is 3.98. The van der Waals surface area contributed by atoms with Gasteiger partial charge in [-0.2, -0.15) is 0 Å². The van der Waals surface area contributed by atoms with Crippen molar-refractivity contribution in [2.24, 2.45) is 5.92 Å². The number of halogens is 1. The number of carbonyl (C=O) groups is 2. The molecule has 1 aliphatic rings. The predicted molar refractivity (Wildman–Crippen MR) is 107 cm³/mol. The second-order valence-corrected chi connectivity index (χ2v) is 7.40. The third kappa shape index (κ3) is 4.11. The number of nitrogens with zero attached hydrogens (tertiary/aromatic N) is 2. The van der Waals surface area contributed by atoms with E-state index in [0.29, 0.717) is 29.0 Å². The molecule has 3 aromatic rings. The minimum atomic E-state index is -0.472. The summed E-state index contributed by atoms with van der Waals surface area (Å²) in [7, 11) is 0. The average molecular weight is 395 g/mol. The monoisotopic (exact) mass is 395 g/mol. The molecule has 8 heteroatoms. The largest absolute Gasteiger partial charge is 0.354 e. The topological polar surface area (TPSA) is 99.8 Å². The van der Waals surface area contributed by atoms with E-state index < -0.39 is 5.82 Å². The number of anilines is 1. The molecule has 0 aromatic carbocycles. The molecule has 0 radical (unpaired) electrons. The predicted octanol–water partition coefficient (Wildman–Crippen LogP) is 3.40. The van der Waals surface area contributed by atoms with Crippen LogP contribution in [0.4, 0.5) is 10.2 Å². The maximum atomic E-state index is 14.5. The van der Waals surface area contributed by atoms with Gasteiger partial charge in [0.1, 0.15) is 17.3 Å². The van der Waals surface area contributed by atoms with E-state index in [1.807, 2.05) is 6.07 Å². The van der Waals surface area contributed by atoms with Crippen molar-refractivity contribution in [3.63, 3.8) is 0 Å². The molecule has 0 aliphatic heterocycles. The van der Waals surface area contributed by atoms with Crippen LogP contribution in [0.2, 0.25) is 0 Å². The second kappa shape index (κ2) is 7.98. The summed E-state index contributed by atoms with van der Waals surface area (Å²) in [6.45, 7) is 1.48. The number of amides is 2. The zero-order chi connectivity index (χ0) is 20.4. The summed E-state index contributed by atoms with van der Waals surface area (Å²) in [6, 6.07) is 5.12. The third-order valence-electron chi connectivity index (χ3n) is 5.31. The van der Waals surface area contributed by atoms with Crippen LogP contribution in [0.5, 0.6) is 0 Å². The standard InChI is InChI=1S/C21H22FN5O2/c1-12(28)26-14-4-2-3-13(9-14)21(29)27-19-10-17(18(22)11-25-19)15-5-7-23-20-16(15)6-8-24-20/h5-8,10-11,13-14H,2-4,9H2,1H3,(H,23,24)(H,26,28)(H,25,27,29)/t13-,14+/m0/s1. The Morgan fingerprint density at radius 2 is 2.07 bits per heavy atom. The van der Waals surface area contributed by atoms with Crippen molar-refractivity contribution >= 4 is 28.7 Å². The van der Waals surface area contributed by atoms with Gasteiger partial charge < -0.3 is 15.6 Å². The van der Waals surface area contributed by atoms with E-state index in [1.54, 1.807) is 24.5 Å². The van der Waals surface area contributed by atoms with Crippen LogP contribution in [-0.4, -0.2) is 32.8 Å². The van der Waals surface area contributed by atoms with Crippen molar-refractivity contribution in [3.05, 3.63) is 42.6 Å². The third-order valence-corrected chi connectivity index (χ3v) is 5.31. The Hall–Kier alpha value is -3.29. The number of hydrogen-bond donors (Lipinski definition) is 3. The van der Waals surface area contributed by atoms with Gasteiger partial charge in [0.15, 0.2) is 0 Å².